The summed E-state index contributed by atoms with van der Waals surface area (Å²) in [5, 5.41) is 3.78. The molecule has 0 aromatic carbocycles. The summed E-state index contributed by atoms with van der Waals surface area (Å²) >= 11 is 5.36. The molecule has 2 fully saturated rings. The largest absolute Gasteiger partial charge is 0.378 e. The molecule has 106 valence electrons. The topological polar surface area (TPSA) is 21.3 Å². The van der Waals surface area contributed by atoms with Crippen molar-refractivity contribution in [2.24, 2.45) is 5.41 Å². The summed E-state index contributed by atoms with van der Waals surface area (Å²) in [6.07, 6.45) is 7.17. The minimum atomic E-state index is 0.449. The van der Waals surface area contributed by atoms with Crippen LogP contribution in [0, 0.1) is 5.41 Å². The van der Waals surface area contributed by atoms with Gasteiger partial charge >= 0.3 is 0 Å². The molecule has 1 aromatic rings. The van der Waals surface area contributed by atoms with Crippen LogP contribution in [0.3, 0.4) is 0 Å². The van der Waals surface area contributed by atoms with Gasteiger partial charge in [-0.05, 0) is 54.2 Å². The van der Waals surface area contributed by atoms with Gasteiger partial charge in [0.1, 0.15) is 0 Å². The molecular formula is C15H22BrNOS. The predicted molar refractivity (Wildman–Crippen MR) is 83.6 cm³/mol. The Kier molecular flexibility index (Phi) is 4.32. The first kappa shape index (κ1) is 14.1. The lowest BCUT2D eigenvalue weighted by Crippen LogP contribution is -2.62. The average Bonchev–Trinajstić information content (AvgIpc) is 3.03. The van der Waals surface area contributed by atoms with Crippen LogP contribution in [0.4, 0.5) is 0 Å². The highest BCUT2D eigenvalue weighted by atomic mass is 79.9. The zero-order valence-corrected chi connectivity index (χ0v) is 13.9. The van der Waals surface area contributed by atoms with E-state index in [4.69, 9.17) is 4.74 Å². The number of halogens is 1. The summed E-state index contributed by atoms with van der Waals surface area (Å²) < 4.78 is 7.18. The Balaban J connectivity index is 1.59. The molecule has 3 rings (SSSR count). The molecule has 1 aromatic heterocycles. The number of nitrogens with one attached hydrogen (secondary N) is 1. The Labute approximate surface area is 128 Å². The maximum absolute atomic E-state index is 5.96. The molecule has 0 radical (unpaired) electrons. The molecule has 2 atom stereocenters. The second-order valence-corrected chi connectivity index (χ2v) is 8.31. The summed E-state index contributed by atoms with van der Waals surface area (Å²) in [4.78, 5) is 1.42. The van der Waals surface area contributed by atoms with Crippen LogP contribution in [0.25, 0.3) is 0 Å². The van der Waals surface area contributed by atoms with Gasteiger partial charge in [0.05, 0.1) is 9.89 Å². The SMILES string of the molecule is CCOC1CC(NCc2ccc(Br)s2)C12CCCC2. The predicted octanol–water partition coefficient (Wildman–Crippen LogP) is 4.34. The number of hydrogen-bond donors (Lipinski definition) is 1. The van der Waals surface area contributed by atoms with Crippen LogP contribution in [-0.2, 0) is 11.3 Å². The molecule has 0 amide bonds. The van der Waals surface area contributed by atoms with Crippen molar-refractivity contribution in [3.8, 4) is 0 Å². The molecule has 1 heterocycles. The molecule has 0 bridgehead atoms. The second kappa shape index (κ2) is 5.84. The van der Waals surface area contributed by atoms with Crippen molar-refractivity contribution in [3.05, 3.63) is 20.8 Å². The van der Waals surface area contributed by atoms with Crippen molar-refractivity contribution in [1.29, 1.82) is 0 Å². The summed E-state index contributed by atoms with van der Waals surface area (Å²) in [5.41, 5.74) is 0.449. The van der Waals surface area contributed by atoms with Crippen LogP contribution in [-0.4, -0.2) is 18.8 Å². The van der Waals surface area contributed by atoms with Gasteiger partial charge in [-0.3, -0.25) is 0 Å². The Bertz CT molecular complexity index is 428. The van der Waals surface area contributed by atoms with Crippen molar-refractivity contribution in [2.45, 2.75) is 57.7 Å². The maximum Gasteiger partial charge on any atom is 0.0701 e. The molecule has 2 aliphatic rings. The fourth-order valence-corrected chi connectivity index (χ4v) is 5.28. The van der Waals surface area contributed by atoms with E-state index in [1.54, 1.807) is 0 Å². The van der Waals surface area contributed by atoms with Crippen molar-refractivity contribution >= 4 is 27.3 Å². The first-order valence-electron chi connectivity index (χ1n) is 7.34. The van der Waals surface area contributed by atoms with E-state index in [9.17, 15) is 0 Å². The van der Waals surface area contributed by atoms with E-state index in [-0.39, 0.29) is 0 Å². The van der Waals surface area contributed by atoms with Gasteiger partial charge in [-0.1, -0.05) is 12.8 Å². The molecule has 0 saturated heterocycles. The van der Waals surface area contributed by atoms with E-state index in [0.717, 1.165) is 13.2 Å². The van der Waals surface area contributed by atoms with Gasteiger partial charge in [-0.15, -0.1) is 11.3 Å². The lowest BCUT2D eigenvalue weighted by molar-refractivity contribution is -0.130. The highest BCUT2D eigenvalue weighted by molar-refractivity contribution is 9.11. The van der Waals surface area contributed by atoms with Crippen LogP contribution >= 0.6 is 27.3 Å². The summed E-state index contributed by atoms with van der Waals surface area (Å²) in [5.74, 6) is 0. The standard InChI is InChI=1S/C15H22BrNOS/c1-2-18-13-9-12(15(13)7-3-4-8-15)17-10-11-5-6-14(16)19-11/h5-6,12-13,17H,2-4,7-10H2,1H3. The summed E-state index contributed by atoms with van der Waals surface area (Å²) in [7, 11) is 0. The fourth-order valence-electron chi connectivity index (χ4n) is 3.84. The fraction of sp³-hybridized carbons (Fsp3) is 0.733. The quantitative estimate of drug-likeness (QED) is 0.858. The molecule has 19 heavy (non-hydrogen) atoms. The van der Waals surface area contributed by atoms with Crippen LogP contribution < -0.4 is 5.32 Å². The maximum atomic E-state index is 5.96. The van der Waals surface area contributed by atoms with E-state index >= 15 is 0 Å². The van der Waals surface area contributed by atoms with E-state index < -0.39 is 0 Å². The summed E-state index contributed by atoms with van der Waals surface area (Å²) in [6, 6.07) is 5.01. The third kappa shape index (κ3) is 2.65. The second-order valence-electron chi connectivity index (χ2n) is 5.76. The molecule has 2 saturated carbocycles. The van der Waals surface area contributed by atoms with Gasteiger partial charge in [0.25, 0.3) is 0 Å². The number of hydrogen-bond acceptors (Lipinski definition) is 3. The zero-order chi connectivity index (χ0) is 13.3. The molecular weight excluding hydrogens is 322 g/mol. The minimum Gasteiger partial charge on any atom is -0.378 e. The zero-order valence-electron chi connectivity index (χ0n) is 11.5. The number of ether oxygens (including phenoxy) is 1. The van der Waals surface area contributed by atoms with Crippen molar-refractivity contribution < 1.29 is 4.74 Å². The average molecular weight is 344 g/mol. The van der Waals surface area contributed by atoms with Crippen molar-refractivity contribution in [1.82, 2.24) is 5.32 Å². The van der Waals surface area contributed by atoms with Crippen molar-refractivity contribution in [3.63, 3.8) is 0 Å². The van der Waals surface area contributed by atoms with Crippen LogP contribution in [0.1, 0.15) is 43.9 Å². The first-order chi connectivity index (χ1) is 9.24. The Morgan fingerprint density at radius 3 is 2.84 bits per heavy atom. The van der Waals surface area contributed by atoms with E-state index in [1.165, 1.54) is 40.8 Å². The first-order valence-corrected chi connectivity index (χ1v) is 8.95. The van der Waals surface area contributed by atoms with Gasteiger partial charge in [0.2, 0.25) is 0 Å². The normalized spacial score (nSPS) is 28.7. The third-order valence-electron chi connectivity index (χ3n) is 4.84. The van der Waals surface area contributed by atoms with Crippen molar-refractivity contribution in [2.75, 3.05) is 6.61 Å². The lowest BCUT2D eigenvalue weighted by atomic mass is 9.60. The van der Waals surface area contributed by atoms with Crippen LogP contribution in [0.2, 0.25) is 0 Å². The van der Waals surface area contributed by atoms with Gasteiger partial charge in [-0.2, -0.15) is 0 Å². The molecule has 1 N–H and O–H groups in total. The lowest BCUT2D eigenvalue weighted by Gasteiger charge is -2.54. The van der Waals surface area contributed by atoms with Crippen LogP contribution in [0.15, 0.2) is 15.9 Å². The van der Waals surface area contributed by atoms with E-state index in [2.05, 4.69) is 40.3 Å². The van der Waals surface area contributed by atoms with Gasteiger partial charge < -0.3 is 10.1 Å². The molecule has 4 heteroatoms. The highest BCUT2D eigenvalue weighted by Crippen LogP contribution is 2.54. The number of thiophene rings is 1. The molecule has 2 aliphatic carbocycles. The van der Waals surface area contributed by atoms with Gasteiger partial charge in [0, 0.05) is 29.5 Å². The van der Waals surface area contributed by atoms with Gasteiger partial charge in [-0.25, -0.2) is 0 Å². The molecule has 2 nitrogen and oxygen atoms in total. The smallest absolute Gasteiger partial charge is 0.0701 e. The van der Waals surface area contributed by atoms with E-state index in [0.29, 0.717) is 17.6 Å². The Morgan fingerprint density at radius 1 is 1.42 bits per heavy atom. The Morgan fingerprint density at radius 2 is 2.21 bits per heavy atom. The molecule has 1 spiro atoms. The molecule has 2 unspecified atom stereocenters. The van der Waals surface area contributed by atoms with Crippen LogP contribution in [0.5, 0.6) is 0 Å². The van der Waals surface area contributed by atoms with E-state index in [1.807, 2.05) is 11.3 Å². The monoisotopic (exact) mass is 343 g/mol. The minimum absolute atomic E-state index is 0.449. The third-order valence-corrected chi connectivity index (χ3v) is 6.46. The van der Waals surface area contributed by atoms with Gasteiger partial charge in [0.15, 0.2) is 0 Å². The number of rotatable bonds is 5. The highest BCUT2D eigenvalue weighted by Gasteiger charge is 2.56. The molecule has 0 aliphatic heterocycles. The summed E-state index contributed by atoms with van der Waals surface area (Å²) in [6.45, 7) is 3.98. The Hall–Kier alpha value is 0.1000.